The van der Waals surface area contributed by atoms with Gasteiger partial charge in [-0.15, -0.1) is 0 Å². The maximum absolute atomic E-state index is 5.89. The van der Waals surface area contributed by atoms with Gasteiger partial charge in [-0.3, -0.25) is 4.90 Å². The monoisotopic (exact) mass is 266 g/mol. The highest BCUT2D eigenvalue weighted by Crippen LogP contribution is 2.20. The molecule has 0 radical (unpaired) electrons. The molecule has 0 bridgehead atoms. The first kappa shape index (κ1) is 16.3. The van der Waals surface area contributed by atoms with Crippen LogP contribution < -0.4 is 5.32 Å². The number of furan rings is 1. The molecule has 19 heavy (non-hydrogen) atoms. The molecule has 0 aliphatic carbocycles. The van der Waals surface area contributed by atoms with E-state index in [9.17, 15) is 0 Å². The molecule has 0 fully saturated rings. The van der Waals surface area contributed by atoms with Crippen molar-refractivity contribution >= 4 is 0 Å². The summed E-state index contributed by atoms with van der Waals surface area (Å²) in [5.41, 5.74) is 0.324. The van der Waals surface area contributed by atoms with Gasteiger partial charge in [-0.25, -0.2) is 0 Å². The molecule has 1 aromatic rings. The van der Waals surface area contributed by atoms with Crippen LogP contribution in [0.4, 0.5) is 0 Å². The summed E-state index contributed by atoms with van der Waals surface area (Å²) in [5.74, 6) is 2.04. The Morgan fingerprint density at radius 3 is 2.21 bits per heavy atom. The molecule has 0 amide bonds. The molecule has 0 aliphatic heterocycles. The Balaban J connectivity index is 2.56. The van der Waals surface area contributed by atoms with Gasteiger partial charge in [-0.1, -0.05) is 6.92 Å². The van der Waals surface area contributed by atoms with Crippen LogP contribution in [0.5, 0.6) is 0 Å². The van der Waals surface area contributed by atoms with Gasteiger partial charge in [0, 0.05) is 11.1 Å². The average molecular weight is 266 g/mol. The van der Waals surface area contributed by atoms with Crippen molar-refractivity contribution in [3.05, 3.63) is 23.7 Å². The van der Waals surface area contributed by atoms with Gasteiger partial charge in [-0.05, 0) is 60.2 Å². The van der Waals surface area contributed by atoms with E-state index in [0.717, 1.165) is 31.0 Å². The molecule has 110 valence electrons. The van der Waals surface area contributed by atoms with Crippen LogP contribution >= 0.6 is 0 Å². The number of rotatable bonds is 6. The SMILES string of the molecule is CCC(C)(C)N(C)Cc1ccc(CNC(C)(C)C)o1. The highest BCUT2D eigenvalue weighted by Gasteiger charge is 2.22. The largest absolute Gasteiger partial charge is 0.463 e. The minimum absolute atomic E-state index is 0.119. The van der Waals surface area contributed by atoms with Crippen molar-refractivity contribution in [3.8, 4) is 0 Å². The van der Waals surface area contributed by atoms with Gasteiger partial charge in [0.1, 0.15) is 11.5 Å². The normalized spacial score (nSPS) is 13.3. The maximum atomic E-state index is 5.89. The van der Waals surface area contributed by atoms with Crippen molar-refractivity contribution in [2.75, 3.05) is 7.05 Å². The van der Waals surface area contributed by atoms with E-state index in [1.165, 1.54) is 0 Å². The van der Waals surface area contributed by atoms with Crippen molar-refractivity contribution in [1.82, 2.24) is 10.2 Å². The van der Waals surface area contributed by atoms with Crippen LogP contribution in [0, 0.1) is 0 Å². The van der Waals surface area contributed by atoms with Gasteiger partial charge in [0.05, 0.1) is 13.1 Å². The molecule has 0 atom stereocenters. The van der Waals surface area contributed by atoms with E-state index in [4.69, 9.17) is 4.42 Å². The van der Waals surface area contributed by atoms with Crippen LogP contribution in [0.15, 0.2) is 16.5 Å². The third-order valence-electron chi connectivity index (χ3n) is 3.80. The van der Waals surface area contributed by atoms with Crippen molar-refractivity contribution in [3.63, 3.8) is 0 Å². The second-order valence-electron chi connectivity index (χ2n) is 6.99. The fraction of sp³-hybridized carbons (Fsp3) is 0.750. The zero-order valence-corrected chi connectivity index (χ0v) is 13.6. The second kappa shape index (κ2) is 6.10. The summed E-state index contributed by atoms with van der Waals surface area (Å²) < 4.78 is 5.89. The lowest BCUT2D eigenvalue weighted by atomic mass is 10.00. The van der Waals surface area contributed by atoms with Crippen molar-refractivity contribution in [2.45, 2.75) is 72.1 Å². The minimum Gasteiger partial charge on any atom is -0.463 e. The molecule has 1 N–H and O–H groups in total. The van der Waals surface area contributed by atoms with E-state index in [1.54, 1.807) is 0 Å². The van der Waals surface area contributed by atoms with E-state index in [1.807, 2.05) is 0 Å². The van der Waals surface area contributed by atoms with Gasteiger partial charge >= 0.3 is 0 Å². The van der Waals surface area contributed by atoms with Crippen LogP contribution in [0.25, 0.3) is 0 Å². The molecule has 3 heteroatoms. The molecule has 0 saturated carbocycles. The zero-order valence-electron chi connectivity index (χ0n) is 13.6. The lowest BCUT2D eigenvalue weighted by Gasteiger charge is -2.34. The zero-order chi connectivity index (χ0) is 14.7. The van der Waals surface area contributed by atoms with Crippen LogP contribution in [0.1, 0.15) is 59.5 Å². The fourth-order valence-electron chi connectivity index (χ4n) is 1.67. The Hall–Kier alpha value is -0.800. The predicted octanol–water partition coefficient (Wildman–Crippen LogP) is 3.79. The van der Waals surface area contributed by atoms with Crippen LogP contribution in [-0.4, -0.2) is 23.0 Å². The van der Waals surface area contributed by atoms with Crippen molar-refractivity contribution in [2.24, 2.45) is 0 Å². The molecule has 1 rings (SSSR count). The quantitative estimate of drug-likeness (QED) is 0.849. The summed E-state index contributed by atoms with van der Waals surface area (Å²) in [6, 6.07) is 4.16. The molecule has 0 unspecified atom stereocenters. The van der Waals surface area contributed by atoms with Gasteiger partial charge in [0.15, 0.2) is 0 Å². The molecule has 0 aliphatic rings. The third kappa shape index (κ3) is 5.37. The molecular formula is C16H30N2O. The number of hydrogen-bond acceptors (Lipinski definition) is 3. The summed E-state index contributed by atoms with van der Waals surface area (Å²) in [6.07, 6.45) is 1.13. The van der Waals surface area contributed by atoms with Crippen LogP contribution in [0.3, 0.4) is 0 Å². The van der Waals surface area contributed by atoms with E-state index < -0.39 is 0 Å². The fourth-order valence-corrected chi connectivity index (χ4v) is 1.67. The number of hydrogen-bond donors (Lipinski definition) is 1. The molecule has 0 aromatic carbocycles. The van der Waals surface area contributed by atoms with Crippen LogP contribution in [-0.2, 0) is 13.1 Å². The molecule has 0 saturated heterocycles. The molecular weight excluding hydrogens is 236 g/mol. The third-order valence-corrected chi connectivity index (χ3v) is 3.80. The Morgan fingerprint density at radius 1 is 1.11 bits per heavy atom. The van der Waals surface area contributed by atoms with Crippen LogP contribution in [0.2, 0.25) is 0 Å². The van der Waals surface area contributed by atoms with E-state index in [0.29, 0.717) is 0 Å². The highest BCUT2D eigenvalue weighted by molar-refractivity contribution is 5.07. The molecule has 0 spiro atoms. The van der Waals surface area contributed by atoms with Gasteiger partial charge in [0.25, 0.3) is 0 Å². The highest BCUT2D eigenvalue weighted by atomic mass is 16.3. The average Bonchev–Trinajstić information content (AvgIpc) is 2.73. The molecule has 1 aromatic heterocycles. The first-order valence-electron chi connectivity index (χ1n) is 7.18. The number of nitrogens with zero attached hydrogens (tertiary/aromatic N) is 1. The lowest BCUT2D eigenvalue weighted by molar-refractivity contribution is 0.132. The second-order valence-corrected chi connectivity index (χ2v) is 6.99. The Labute approximate surface area is 118 Å². The van der Waals surface area contributed by atoms with Gasteiger partial charge < -0.3 is 9.73 Å². The summed E-state index contributed by atoms with van der Waals surface area (Å²) in [4.78, 5) is 2.34. The summed E-state index contributed by atoms with van der Waals surface area (Å²) >= 11 is 0. The maximum Gasteiger partial charge on any atom is 0.118 e. The van der Waals surface area contributed by atoms with E-state index in [2.05, 4.69) is 70.9 Å². The Bertz CT molecular complexity index is 388. The Kier molecular flexibility index (Phi) is 5.22. The van der Waals surface area contributed by atoms with Crippen molar-refractivity contribution < 1.29 is 4.42 Å². The number of nitrogens with one attached hydrogen (secondary N) is 1. The van der Waals surface area contributed by atoms with E-state index >= 15 is 0 Å². The molecule has 1 heterocycles. The van der Waals surface area contributed by atoms with E-state index in [-0.39, 0.29) is 11.1 Å². The minimum atomic E-state index is 0.119. The molecule has 3 nitrogen and oxygen atoms in total. The van der Waals surface area contributed by atoms with Crippen molar-refractivity contribution in [1.29, 1.82) is 0 Å². The first-order chi connectivity index (χ1) is 8.64. The van der Waals surface area contributed by atoms with Gasteiger partial charge in [0.2, 0.25) is 0 Å². The summed E-state index contributed by atoms with van der Waals surface area (Å²) in [7, 11) is 2.15. The topological polar surface area (TPSA) is 28.4 Å². The standard InChI is InChI=1S/C16H30N2O/c1-8-16(5,6)18(7)12-14-10-9-13(19-14)11-17-15(2,3)4/h9-10,17H,8,11-12H2,1-7H3. The smallest absolute Gasteiger partial charge is 0.118 e. The predicted molar refractivity (Wildman–Crippen MR) is 81.1 cm³/mol. The summed E-state index contributed by atoms with van der Waals surface area (Å²) in [6.45, 7) is 14.9. The Morgan fingerprint density at radius 2 is 1.68 bits per heavy atom. The first-order valence-corrected chi connectivity index (χ1v) is 7.18. The lowest BCUT2D eigenvalue weighted by Crippen LogP contribution is -2.39. The van der Waals surface area contributed by atoms with Gasteiger partial charge in [-0.2, -0.15) is 0 Å². The summed E-state index contributed by atoms with van der Waals surface area (Å²) in [5, 5.41) is 3.44.